The van der Waals surface area contributed by atoms with Gasteiger partial charge >= 0.3 is 0 Å². The molecule has 0 saturated carbocycles. The minimum Gasteiger partial charge on any atom is -0.290 e. The minimum absolute atomic E-state index is 0.833. The molecular weight excluding hydrogens is 148 g/mol. The van der Waals surface area contributed by atoms with Gasteiger partial charge < -0.3 is 0 Å². The first-order valence-electron chi connectivity index (χ1n) is 4.18. The van der Waals surface area contributed by atoms with E-state index in [1.54, 1.807) is 6.20 Å². The maximum absolute atomic E-state index is 4.33. The number of hydrogen-bond donors (Lipinski definition) is 0. The van der Waals surface area contributed by atoms with E-state index >= 15 is 0 Å². The molecule has 0 aromatic carbocycles. The molecule has 0 saturated heterocycles. The Labute approximate surface area is 73.4 Å². The second-order valence-electron chi connectivity index (χ2n) is 2.70. The van der Waals surface area contributed by atoms with Gasteiger partial charge in [0, 0.05) is 29.7 Å². The predicted octanol–water partition coefficient (Wildman–Crippen LogP) is 2.22. The fraction of sp³-hybridized carbons (Fsp3) is 0.400. The normalized spacial score (nSPS) is 11.8. The molecule has 0 aliphatic heterocycles. The lowest BCUT2D eigenvalue weighted by Gasteiger charge is -2.02. The largest absolute Gasteiger partial charge is 0.290 e. The van der Waals surface area contributed by atoms with Gasteiger partial charge in [-0.2, -0.15) is 0 Å². The lowest BCUT2D eigenvalue weighted by atomic mass is 10.1. The van der Waals surface area contributed by atoms with E-state index < -0.39 is 0 Å². The Bertz CT molecular complexity index is 290. The Kier molecular flexibility index (Phi) is 2.97. The molecule has 0 unspecified atom stereocenters. The highest BCUT2D eigenvalue weighted by atomic mass is 14.7. The molecule has 0 atom stereocenters. The molecule has 0 radical (unpaired) electrons. The topological polar surface area (TPSA) is 25.2 Å². The van der Waals surface area contributed by atoms with Crippen LogP contribution in [-0.4, -0.2) is 17.2 Å². The van der Waals surface area contributed by atoms with E-state index in [0.717, 1.165) is 23.5 Å². The maximum Gasteiger partial charge on any atom is 0.0462 e. The van der Waals surface area contributed by atoms with Crippen LogP contribution in [0.15, 0.2) is 23.3 Å². The van der Waals surface area contributed by atoms with Gasteiger partial charge in [-0.15, -0.1) is 0 Å². The van der Waals surface area contributed by atoms with E-state index in [0.29, 0.717) is 0 Å². The van der Waals surface area contributed by atoms with Crippen LogP contribution in [0.2, 0.25) is 0 Å². The number of aromatic nitrogens is 1. The zero-order valence-electron chi connectivity index (χ0n) is 7.83. The molecule has 0 aliphatic rings. The summed E-state index contributed by atoms with van der Waals surface area (Å²) in [5.74, 6) is 0. The van der Waals surface area contributed by atoms with Crippen LogP contribution in [0.4, 0.5) is 0 Å². The van der Waals surface area contributed by atoms with Gasteiger partial charge in [-0.05, 0) is 32.9 Å². The average molecular weight is 162 g/mol. The summed E-state index contributed by atoms with van der Waals surface area (Å²) < 4.78 is 0. The highest BCUT2D eigenvalue weighted by molar-refractivity contribution is 5.99. The molecule has 0 N–H and O–H groups in total. The second-order valence-corrected chi connectivity index (χ2v) is 2.70. The van der Waals surface area contributed by atoms with Gasteiger partial charge in [0.2, 0.25) is 0 Å². The molecule has 0 amide bonds. The molecule has 0 aliphatic carbocycles. The van der Waals surface area contributed by atoms with Crippen molar-refractivity contribution in [2.45, 2.75) is 20.8 Å². The molecule has 1 rings (SSSR count). The monoisotopic (exact) mass is 162 g/mol. The summed E-state index contributed by atoms with van der Waals surface area (Å²) in [7, 11) is 0. The summed E-state index contributed by atoms with van der Waals surface area (Å²) in [5.41, 5.74) is 3.27. The van der Waals surface area contributed by atoms with E-state index in [4.69, 9.17) is 0 Å². The Morgan fingerprint density at radius 3 is 2.92 bits per heavy atom. The Morgan fingerprint density at radius 2 is 2.33 bits per heavy atom. The van der Waals surface area contributed by atoms with Crippen molar-refractivity contribution in [3.63, 3.8) is 0 Å². The lowest BCUT2D eigenvalue weighted by Crippen LogP contribution is -1.99. The molecular formula is C10H14N2. The van der Waals surface area contributed by atoms with Crippen molar-refractivity contribution < 1.29 is 0 Å². The minimum atomic E-state index is 0.833. The van der Waals surface area contributed by atoms with Crippen LogP contribution < -0.4 is 0 Å². The van der Waals surface area contributed by atoms with E-state index in [9.17, 15) is 0 Å². The van der Waals surface area contributed by atoms with Crippen LogP contribution in [0.3, 0.4) is 0 Å². The molecule has 1 heterocycles. The van der Waals surface area contributed by atoms with E-state index in [-0.39, 0.29) is 0 Å². The zero-order chi connectivity index (χ0) is 8.97. The van der Waals surface area contributed by atoms with Crippen molar-refractivity contribution in [2.75, 3.05) is 6.54 Å². The van der Waals surface area contributed by atoms with Gasteiger partial charge in [0.1, 0.15) is 0 Å². The summed E-state index contributed by atoms with van der Waals surface area (Å²) >= 11 is 0. The summed E-state index contributed by atoms with van der Waals surface area (Å²) in [6.07, 6.45) is 1.80. The van der Waals surface area contributed by atoms with Gasteiger partial charge in [-0.1, -0.05) is 0 Å². The van der Waals surface area contributed by atoms with E-state index in [2.05, 4.69) is 16.0 Å². The van der Waals surface area contributed by atoms with Crippen LogP contribution in [0.1, 0.15) is 25.1 Å². The van der Waals surface area contributed by atoms with Gasteiger partial charge in [0.25, 0.3) is 0 Å². The standard InChI is InChI=1S/C10H14N2/c1-4-11-8(2)10-6-5-7-12-9(10)3/h5-7H,4H2,1-3H3. The summed E-state index contributed by atoms with van der Waals surface area (Å²) in [4.78, 5) is 8.53. The Morgan fingerprint density at radius 1 is 1.58 bits per heavy atom. The number of pyridine rings is 1. The van der Waals surface area contributed by atoms with Gasteiger partial charge in [0.15, 0.2) is 0 Å². The smallest absolute Gasteiger partial charge is 0.0462 e. The number of rotatable bonds is 2. The Hall–Kier alpha value is -1.18. The first kappa shape index (κ1) is 8.91. The molecule has 0 spiro atoms. The molecule has 64 valence electrons. The van der Waals surface area contributed by atoms with Crippen molar-refractivity contribution in [3.8, 4) is 0 Å². The number of aliphatic imine (C=N–C) groups is 1. The van der Waals surface area contributed by atoms with Crippen molar-refractivity contribution in [1.82, 2.24) is 4.98 Å². The van der Waals surface area contributed by atoms with Gasteiger partial charge in [-0.3, -0.25) is 9.98 Å². The van der Waals surface area contributed by atoms with E-state index in [1.165, 1.54) is 0 Å². The molecule has 2 nitrogen and oxygen atoms in total. The zero-order valence-corrected chi connectivity index (χ0v) is 7.83. The van der Waals surface area contributed by atoms with Crippen molar-refractivity contribution >= 4 is 5.71 Å². The summed E-state index contributed by atoms with van der Waals surface area (Å²) in [6.45, 7) is 6.90. The molecule has 1 aromatic heterocycles. The predicted molar refractivity (Wildman–Crippen MR) is 51.7 cm³/mol. The first-order valence-corrected chi connectivity index (χ1v) is 4.18. The number of hydrogen-bond acceptors (Lipinski definition) is 2. The maximum atomic E-state index is 4.33. The van der Waals surface area contributed by atoms with Crippen LogP contribution >= 0.6 is 0 Å². The van der Waals surface area contributed by atoms with Crippen LogP contribution in [0, 0.1) is 6.92 Å². The van der Waals surface area contributed by atoms with Crippen LogP contribution in [-0.2, 0) is 0 Å². The van der Waals surface area contributed by atoms with Crippen molar-refractivity contribution in [1.29, 1.82) is 0 Å². The van der Waals surface area contributed by atoms with Gasteiger partial charge in [-0.25, -0.2) is 0 Å². The molecule has 1 aromatic rings. The average Bonchev–Trinajstić information content (AvgIpc) is 2.05. The van der Waals surface area contributed by atoms with Crippen LogP contribution in [0.5, 0.6) is 0 Å². The number of nitrogens with zero attached hydrogens (tertiary/aromatic N) is 2. The SMILES string of the molecule is CCN=C(C)c1cccnc1C. The fourth-order valence-corrected chi connectivity index (χ4v) is 1.19. The van der Waals surface area contributed by atoms with Gasteiger partial charge in [0.05, 0.1) is 0 Å². The van der Waals surface area contributed by atoms with Crippen molar-refractivity contribution in [2.24, 2.45) is 4.99 Å². The van der Waals surface area contributed by atoms with Crippen LogP contribution in [0.25, 0.3) is 0 Å². The first-order chi connectivity index (χ1) is 5.75. The molecule has 0 bridgehead atoms. The third kappa shape index (κ3) is 1.91. The van der Waals surface area contributed by atoms with E-state index in [1.807, 2.05) is 26.8 Å². The molecule has 2 heteroatoms. The van der Waals surface area contributed by atoms with Crippen molar-refractivity contribution in [3.05, 3.63) is 29.6 Å². The third-order valence-electron chi connectivity index (χ3n) is 1.79. The molecule has 0 fully saturated rings. The second kappa shape index (κ2) is 4.00. The third-order valence-corrected chi connectivity index (χ3v) is 1.79. The highest BCUT2D eigenvalue weighted by Crippen LogP contribution is 2.04. The molecule has 12 heavy (non-hydrogen) atoms. The fourth-order valence-electron chi connectivity index (χ4n) is 1.19. The summed E-state index contributed by atoms with van der Waals surface area (Å²) in [5, 5.41) is 0. The lowest BCUT2D eigenvalue weighted by molar-refractivity contribution is 1.11. The number of aryl methyl sites for hydroxylation is 1. The summed E-state index contributed by atoms with van der Waals surface area (Å²) in [6, 6.07) is 3.99. The quantitative estimate of drug-likeness (QED) is 0.612. The Balaban J connectivity index is 3.02. The highest BCUT2D eigenvalue weighted by Gasteiger charge is 1.99.